The van der Waals surface area contributed by atoms with E-state index in [0.717, 1.165) is 0 Å². The van der Waals surface area contributed by atoms with Gasteiger partial charge in [0.15, 0.2) is 0 Å². The van der Waals surface area contributed by atoms with Crippen LogP contribution in [0.1, 0.15) is 26.3 Å². The maximum Gasteiger partial charge on any atom is 0.271 e. The first-order chi connectivity index (χ1) is 15.0. The van der Waals surface area contributed by atoms with Gasteiger partial charge in [0, 0.05) is 28.8 Å². The molecule has 0 aliphatic rings. The summed E-state index contributed by atoms with van der Waals surface area (Å²) in [5, 5.41) is 18.8. The highest BCUT2D eigenvalue weighted by molar-refractivity contribution is 6.38. The number of nitrogens with zero attached hydrogens (tertiary/aromatic N) is 3. The van der Waals surface area contributed by atoms with E-state index in [0.29, 0.717) is 16.7 Å². The van der Waals surface area contributed by atoms with Gasteiger partial charge in [-0.2, -0.15) is 10.2 Å². The summed E-state index contributed by atoms with van der Waals surface area (Å²) < 4.78 is 0. The topological polar surface area (TPSA) is 126 Å². The number of hydrogen-bond donors (Lipinski definition) is 2. The van der Waals surface area contributed by atoms with Gasteiger partial charge < -0.3 is 0 Å². The standard InChI is InChI=1S/C22H17N5O4/c28-21(17-7-3-1-4-8-17)25-23-15-20(16-11-13-19(14-12-16)27(30)31)24-26-22(29)18-9-5-2-6-10-18/h1-15H,(H,25,28)(H,26,29)/b23-15+,24-20-. The average Bonchev–Trinajstić information content (AvgIpc) is 2.82. The third-order valence-electron chi connectivity index (χ3n) is 4.08. The van der Waals surface area contributed by atoms with Crippen molar-refractivity contribution in [3.05, 3.63) is 112 Å². The van der Waals surface area contributed by atoms with Crippen molar-refractivity contribution in [3.63, 3.8) is 0 Å². The molecule has 3 aromatic carbocycles. The van der Waals surface area contributed by atoms with E-state index in [2.05, 4.69) is 21.1 Å². The molecule has 9 nitrogen and oxygen atoms in total. The lowest BCUT2D eigenvalue weighted by molar-refractivity contribution is -0.384. The fraction of sp³-hybridized carbons (Fsp3) is 0. The van der Waals surface area contributed by atoms with Crippen molar-refractivity contribution in [1.29, 1.82) is 0 Å². The van der Waals surface area contributed by atoms with Crippen molar-refractivity contribution in [2.45, 2.75) is 0 Å². The van der Waals surface area contributed by atoms with Crippen LogP contribution in [-0.4, -0.2) is 28.7 Å². The molecule has 0 heterocycles. The van der Waals surface area contributed by atoms with Crippen LogP contribution in [0.5, 0.6) is 0 Å². The summed E-state index contributed by atoms with van der Waals surface area (Å²) in [5.74, 6) is -0.866. The molecule has 0 spiro atoms. The maximum atomic E-state index is 12.3. The molecule has 0 unspecified atom stereocenters. The minimum absolute atomic E-state index is 0.0919. The molecule has 0 fully saturated rings. The highest BCUT2D eigenvalue weighted by atomic mass is 16.6. The lowest BCUT2D eigenvalue weighted by atomic mass is 10.1. The molecule has 0 radical (unpaired) electrons. The van der Waals surface area contributed by atoms with Gasteiger partial charge in [0.05, 0.1) is 11.1 Å². The van der Waals surface area contributed by atoms with Crippen LogP contribution in [0.2, 0.25) is 0 Å². The molecule has 0 aromatic heterocycles. The SMILES string of the molecule is O=C(N/N=C/C(=N/NC(=O)c1ccccc1)c1ccc([N+](=O)[O-])cc1)c1ccccc1. The van der Waals surface area contributed by atoms with Crippen molar-refractivity contribution in [3.8, 4) is 0 Å². The zero-order valence-corrected chi connectivity index (χ0v) is 16.1. The summed E-state index contributed by atoms with van der Waals surface area (Å²) in [7, 11) is 0. The van der Waals surface area contributed by atoms with Gasteiger partial charge in [-0.15, -0.1) is 0 Å². The van der Waals surface area contributed by atoms with Crippen LogP contribution in [0.4, 0.5) is 5.69 Å². The van der Waals surface area contributed by atoms with Gasteiger partial charge in [0.25, 0.3) is 17.5 Å². The summed E-state index contributed by atoms with van der Waals surface area (Å²) in [5.41, 5.74) is 6.17. The first-order valence-corrected chi connectivity index (χ1v) is 9.11. The van der Waals surface area contributed by atoms with Gasteiger partial charge in [-0.3, -0.25) is 19.7 Å². The van der Waals surface area contributed by atoms with Crippen LogP contribution < -0.4 is 10.9 Å². The van der Waals surface area contributed by atoms with Gasteiger partial charge in [-0.05, 0) is 36.4 Å². The largest absolute Gasteiger partial charge is 0.271 e. The van der Waals surface area contributed by atoms with Crippen LogP contribution in [0.15, 0.2) is 95.1 Å². The van der Waals surface area contributed by atoms with Crippen molar-refractivity contribution in [1.82, 2.24) is 10.9 Å². The van der Waals surface area contributed by atoms with Crippen molar-refractivity contribution >= 4 is 29.4 Å². The molecule has 2 amide bonds. The molecular formula is C22H17N5O4. The van der Waals surface area contributed by atoms with E-state index in [1.54, 1.807) is 60.7 Å². The number of hydrogen-bond acceptors (Lipinski definition) is 6. The molecule has 0 bridgehead atoms. The van der Waals surface area contributed by atoms with E-state index in [4.69, 9.17) is 0 Å². The highest BCUT2D eigenvalue weighted by Gasteiger charge is 2.09. The van der Waals surface area contributed by atoms with Crippen molar-refractivity contribution < 1.29 is 14.5 Å². The zero-order valence-electron chi connectivity index (χ0n) is 16.1. The summed E-state index contributed by atoms with van der Waals surface area (Å²) in [4.78, 5) is 34.8. The number of rotatable bonds is 7. The van der Waals surface area contributed by atoms with Crippen LogP contribution in [0.25, 0.3) is 0 Å². The Balaban J connectivity index is 1.80. The van der Waals surface area contributed by atoms with E-state index in [1.807, 2.05) is 0 Å². The monoisotopic (exact) mass is 415 g/mol. The number of benzene rings is 3. The Labute approximate surface area is 177 Å². The van der Waals surface area contributed by atoms with Crippen molar-refractivity contribution in [2.75, 3.05) is 0 Å². The highest BCUT2D eigenvalue weighted by Crippen LogP contribution is 2.12. The van der Waals surface area contributed by atoms with Crippen molar-refractivity contribution in [2.24, 2.45) is 10.2 Å². The Hall–Kier alpha value is -4.66. The predicted octanol–water partition coefficient (Wildman–Crippen LogP) is 3.14. The van der Waals surface area contributed by atoms with Gasteiger partial charge in [-0.25, -0.2) is 10.9 Å². The van der Waals surface area contributed by atoms with Crippen LogP contribution >= 0.6 is 0 Å². The molecule has 0 aliphatic carbocycles. The fourth-order valence-corrected chi connectivity index (χ4v) is 2.49. The molecule has 0 saturated carbocycles. The number of nitro groups is 1. The number of amides is 2. The third-order valence-corrected chi connectivity index (χ3v) is 4.08. The Morgan fingerprint density at radius 3 is 1.77 bits per heavy atom. The molecule has 3 rings (SSSR count). The predicted molar refractivity (Wildman–Crippen MR) is 116 cm³/mol. The molecule has 2 N–H and O–H groups in total. The van der Waals surface area contributed by atoms with E-state index in [1.165, 1.54) is 30.5 Å². The first-order valence-electron chi connectivity index (χ1n) is 9.11. The number of carbonyl (C=O) groups excluding carboxylic acids is 2. The second-order valence-corrected chi connectivity index (χ2v) is 6.17. The van der Waals surface area contributed by atoms with E-state index < -0.39 is 16.7 Å². The van der Waals surface area contributed by atoms with Gasteiger partial charge in [0.1, 0.15) is 5.71 Å². The lowest BCUT2D eigenvalue weighted by Gasteiger charge is -2.04. The number of nitrogens with one attached hydrogen (secondary N) is 2. The lowest BCUT2D eigenvalue weighted by Crippen LogP contribution is -2.22. The first kappa shape index (κ1) is 21.1. The molecule has 154 valence electrons. The Morgan fingerprint density at radius 2 is 1.26 bits per heavy atom. The van der Waals surface area contributed by atoms with Gasteiger partial charge in [0.2, 0.25) is 0 Å². The second-order valence-electron chi connectivity index (χ2n) is 6.17. The van der Waals surface area contributed by atoms with Gasteiger partial charge in [-0.1, -0.05) is 36.4 Å². The molecular weight excluding hydrogens is 398 g/mol. The fourth-order valence-electron chi connectivity index (χ4n) is 2.49. The number of hydrazone groups is 2. The molecule has 0 aliphatic heterocycles. The minimum Gasteiger partial charge on any atom is -0.267 e. The number of carbonyl (C=O) groups is 2. The maximum absolute atomic E-state index is 12.3. The summed E-state index contributed by atoms with van der Waals surface area (Å²) in [6.45, 7) is 0. The van der Waals surface area contributed by atoms with E-state index in [9.17, 15) is 19.7 Å². The normalized spacial score (nSPS) is 11.2. The van der Waals surface area contributed by atoms with Crippen LogP contribution in [0, 0.1) is 10.1 Å². The van der Waals surface area contributed by atoms with E-state index in [-0.39, 0.29) is 11.4 Å². The number of nitro benzene ring substituents is 1. The number of non-ortho nitro benzene ring substituents is 1. The summed E-state index contributed by atoms with van der Waals surface area (Å²) in [6, 6.07) is 22.5. The van der Waals surface area contributed by atoms with Crippen LogP contribution in [-0.2, 0) is 0 Å². The molecule has 0 atom stereocenters. The molecule has 0 saturated heterocycles. The summed E-state index contributed by atoms with van der Waals surface area (Å²) >= 11 is 0. The smallest absolute Gasteiger partial charge is 0.267 e. The molecule has 9 heteroatoms. The summed E-state index contributed by atoms with van der Waals surface area (Å²) in [6.07, 6.45) is 1.24. The average molecular weight is 415 g/mol. The second kappa shape index (κ2) is 10.2. The molecule has 3 aromatic rings. The third kappa shape index (κ3) is 5.91. The Kier molecular flexibility index (Phi) is 6.94. The Bertz CT molecular complexity index is 1130. The minimum atomic E-state index is -0.522. The quantitative estimate of drug-likeness (QED) is 0.349. The van der Waals surface area contributed by atoms with Crippen LogP contribution in [0.3, 0.4) is 0 Å². The van der Waals surface area contributed by atoms with Gasteiger partial charge >= 0.3 is 0 Å². The molecule has 31 heavy (non-hydrogen) atoms. The zero-order chi connectivity index (χ0) is 22.1. The van der Waals surface area contributed by atoms with E-state index >= 15 is 0 Å². The Morgan fingerprint density at radius 1 is 0.742 bits per heavy atom.